The van der Waals surface area contributed by atoms with Gasteiger partial charge in [-0.2, -0.15) is 0 Å². The third-order valence-electron chi connectivity index (χ3n) is 7.10. The van der Waals surface area contributed by atoms with Crippen LogP contribution in [0, 0.1) is 10.1 Å². The molecule has 0 saturated carbocycles. The second-order valence-corrected chi connectivity index (χ2v) is 9.32. The van der Waals surface area contributed by atoms with Gasteiger partial charge in [-0.05, 0) is 47.7 Å². The van der Waals surface area contributed by atoms with Crippen LogP contribution in [-0.4, -0.2) is 30.8 Å². The lowest BCUT2D eigenvalue weighted by atomic mass is 9.78. The number of allylic oxidation sites excluding steroid dienone is 1. The number of ether oxygens (including phenoxy) is 2. The number of amides is 1. The molecule has 5 rings (SSSR count). The molecule has 1 N–H and O–H groups in total. The number of nitro groups is 1. The molecule has 0 spiro atoms. The van der Waals surface area contributed by atoms with Crippen molar-refractivity contribution < 1.29 is 24.0 Å². The Hall–Kier alpha value is -4.66. The Morgan fingerprint density at radius 3 is 2.45 bits per heavy atom. The topological polar surface area (TPSA) is 111 Å². The highest BCUT2D eigenvalue weighted by Gasteiger charge is 2.41. The maximum atomic E-state index is 13.9. The third-order valence-corrected chi connectivity index (χ3v) is 7.10. The Balaban J connectivity index is 1.68. The molecule has 1 aliphatic heterocycles. The van der Waals surface area contributed by atoms with Gasteiger partial charge in [0.15, 0.2) is 17.3 Å². The molecule has 2 aliphatic rings. The smallest absolute Gasteiger partial charge is 0.269 e. The van der Waals surface area contributed by atoms with Crippen molar-refractivity contribution in [2.24, 2.45) is 0 Å². The number of nitrogens with one attached hydrogen (secondary N) is 1. The van der Waals surface area contributed by atoms with E-state index in [0.717, 1.165) is 5.56 Å². The first-order chi connectivity index (χ1) is 18.3. The maximum absolute atomic E-state index is 13.9. The summed E-state index contributed by atoms with van der Waals surface area (Å²) in [7, 11) is 3.14. The molecule has 1 aliphatic carbocycles. The molecule has 1 amide bonds. The first-order valence-corrected chi connectivity index (χ1v) is 12.2. The van der Waals surface area contributed by atoms with E-state index in [1.54, 1.807) is 31.3 Å². The molecule has 1 heterocycles. The van der Waals surface area contributed by atoms with Crippen LogP contribution >= 0.6 is 0 Å². The number of Topliss-reactive ketones (excluding diaryl/α,β-unsaturated/α-hetero) is 1. The lowest BCUT2D eigenvalue weighted by Crippen LogP contribution is -2.37. The van der Waals surface area contributed by atoms with E-state index in [9.17, 15) is 19.7 Å². The highest BCUT2D eigenvalue weighted by molar-refractivity contribution is 6.06. The summed E-state index contributed by atoms with van der Waals surface area (Å²) >= 11 is 0. The molecule has 9 nitrogen and oxygen atoms in total. The number of rotatable bonds is 5. The van der Waals surface area contributed by atoms with Crippen LogP contribution in [0.5, 0.6) is 11.5 Å². The number of methoxy groups -OCH3 is 2. The third kappa shape index (κ3) is 4.36. The number of non-ortho nitro benzene ring substituents is 1. The average Bonchev–Trinajstić information content (AvgIpc) is 3.07. The minimum Gasteiger partial charge on any atom is -0.493 e. The number of ketones is 1. The fraction of sp³-hybridized carbons (Fsp3) is 0.241. The van der Waals surface area contributed by atoms with Gasteiger partial charge in [-0.25, -0.2) is 0 Å². The fourth-order valence-corrected chi connectivity index (χ4v) is 5.40. The molecule has 0 fully saturated rings. The van der Waals surface area contributed by atoms with Gasteiger partial charge in [0.1, 0.15) is 0 Å². The molecule has 3 aromatic carbocycles. The van der Waals surface area contributed by atoms with Crippen LogP contribution in [0.1, 0.15) is 42.9 Å². The van der Waals surface area contributed by atoms with Gasteiger partial charge in [0, 0.05) is 36.7 Å². The molecular formula is C29H27N3O6. The largest absolute Gasteiger partial charge is 0.493 e. The first-order valence-electron chi connectivity index (χ1n) is 12.2. The van der Waals surface area contributed by atoms with Gasteiger partial charge in [-0.1, -0.05) is 30.3 Å². The highest BCUT2D eigenvalue weighted by atomic mass is 16.6. The predicted octanol–water partition coefficient (Wildman–Crippen LogP) is 5.53. The lowest BCUT2D eigenvalue weighted by Gasteiger charge is -2.34. The van der Waals surface area contributed by atoms with E-state index in [4.69, 9.17) is 9.47 Å². The zero-order valence-electron chi connectivity index (χ0n) is 21.3. The Labute approximate surface area is 219 Å². The maximum Gasteiger partial charge on any atom is 0.269 e. The van der Waals surface area contributed by atoms with Crippen LogP contribution < -0.4 is 19.7 Å². The quantitative estimate of drug-likeness (QED) is 0.353. The van der Waals surface area contributed by atoms with Crippen molar-refractivity contribution in [3.63, 3.8) is 0 Å². The second kappa shape index (κ2) is 10.0. The number of hydrogen-bond acceptors (Lipinski definition) is 7. The number of nitrogens with zero attached hydrogens (tertiary/aromatic N) is 2. The van der Waals surface area contributed by atoms with E-state index in [0.29, 0.717) is 46.1 Å². The molecule has 0 radical (unpaired) electrons. The summed E-state index contributed by atoms with van der Waals surface area (Å²) in [5, 5.41) is 15.0. The van der Waals surface area contributed by atoms with Crippen LogP contribution in [-0.2, 0) is 9.59 Å². The Kier molecular flexibility index (Phi) is 6.59. The summed E-state index contributed by atoms with van der Waals surface area (Å²) in [6.45, 7) is 1.44. The lowest BCUT2D eigenvalue weighted by molar-refractivity contribution is -0.384. The Morgan fingerprint density at radius 2 is 1.74 bits per heavy atom. The summed E-state index contributed by atoms with van der Waals surface area (Å²) in [5.41, 5.74) is 3.73. The number of carbonyl (C=O) groups excluding carboxylic acids is 2. The summed E-state index contributed by atoms with van der Waals surface area (Å²) < 4.78 is 10.8. The molecule has 0 saturated heterocycles. The van der Waals surface area contributed by atoms with Gasteiger partial charge in [0.2, 0.25) is 5.91 Å². The van der Waals surface area contributed by atoms with Crippen LogP contribution in [0.25, 0.3) is 0 Å². The van der Waals surface area contributed by atoms with E-state index in [-0.39, 0.29) is 29.7 Å². The van der Waals surface area contributed by atoms with Gasteiger partial charge in [-0.3, -0.25) is 24.6 Å². The van der Waals surface area contributed by atoms with Crippen molar-refractivity contribution in [2.75, 3.05) is 24.4 Å². The van der Waals surface area contributed by atoms with E-state index in [1.165, 1.54) is 19.1 Å². The summed E-state index contributed by atoms with van der Waals surface area (Å²) in [5.74, 6) is 0.625. The van der Waals surface area contributed by atoms with Crippen molar-refractivity contribution in [1.82, 2.24) is 0 Å². The summed E-state index contributed by atoms with van der Waals surface area (Å²) in [6.07, 6.45) is 0.714. The predicted molar refractivity (Wildman–Crippen MR) is 143 cm³/mol. The van der Waals surface area contributed by atoms with Crippen LogP contribution in [0.15, 0.2) is 78.0 Å². The molecule has 2 atom stereocenters. The molecule has 194 valence electrons. The van der Waals surface area contributed by atoms with Crippen LogP contribution in [0.4, 0.5) is 17.1 Å². The van der Waals surface area contributed by atoms with Gasteiger partial charge in [-0.15, -0.1) is 0 Å². The molecule has 9 heteroatoms. The average molecular weight is 514 g/mol. The number of fused-ring (bicyclic) bond motifs is 1. The molecule has 38 heavy (non-hydrogen) atoms. The minimum atomic E-state index is -0.822. The SMILES string of the molecule is COc1ccc(C2CC(=O)C3=C(C2)Nc2ccccc2N(C(C)=O)C3c2cccc([N+](=O)[O-])c2)cc1OC. The number of hydrogen-bond donors (Lipinski definition) is 1. The number of carbonyl (C=O) groups is 2. The molecule has 0 aromatic heterocycles. The van der Waals surface area contributed by atoms with Crippen molar-refractivity contribution in [3.05, 3.63) is 99.2 Å². The number of anilines is 2. The van der Waals surface area contributed by atoms with Crippen molar-refractivity contribution in [2.45, 2.75) is 31.7 Å². The summed E-state index contributed by atoms with van der Waals surface area (Å²) in [4.78, 5) is 39.7. The number of benzene rings is 3. The Bertz CT molecular complexity index is 1480. The highest BCUT2D eigenvalue weighted by Crippen LogP contribution is 2.48. The van der Waals surface area contributed by atoms with Crippen LogP contribution in [0.3, 0.4) is 0 Å². The number of nitro benzene ring substituents is 1. The fourth-order valence-electron chi connectivity index (χ4n) is 5.40. The zero-order valence-corrected chi connectivity index (χ0v) is 21.3. The normalized spacial score (nSPS) is 18.6. The van der Waals surface area contributed by atoms with Gasteiger partial charge in [0.25, 0.3) is 5.69 Å². The standard InChI is InChI=1S/C29H27N3O6/c1-17(33)31-24-10-5-4-9-22(24)30-23-14-20(18-11-12-26(37-2)27(16-18)38-3)15-25(34)28(23)29(31)19-7-6-8-21(13-19)32(35)36/h4-13,16,20,29-30H,14-15H2,1-3H3. The molecule has 2 unspecified atom stereocenters. The monoisotopic (exact) mass is 513 g/mol. The van der Waals surface area contributed by atoms with E-state index < -0.39 is 11.0 Å². The zero-order chi connectivity index (χ0) is 27.0. The van der Waals surface area contributed by atoms with E-state index >= 15 is 0 Å². The number of para-hydroxylation sites is 2. The van der Waals surface area contributed by atoms with Gasteiger partial charge in [0.05, 0.1) is 36.6 Å². The van der Waals surface area contributed by atoms with Crippen molar-refractivity contribution >= 4 is 28.8 Å². The minimum absolute atomic E-state index is 0.106. The summed E-state index contributed by atoms with van der Waals surface area (Å²) in [6, 6.07) is 18.3. The molecule has 0 bridgehead atoms. The van der Waals surface area contributed by atoms with E-state index in [1.807, 2.05) is 42.5 Å². The second-order valence-electron chi connectivity index (χ2n) is 9.32. The molecular weight excluding hydrogens is 486 g/mol. The molecule has 3 aromatic rings. The van der Waals surface area contributed by atoms with Crippen LogP contribution in [0.2, 0.25) is 0 Å². The van der Waals surface area contributed by atoms with Gasteiger partial charge < -0.3 is 14.8 Å². The Morgan fingerprint density at radius 1 is 0.974 bits per heavy atom. The van der Waals surface area contributed by atoms with Gasteiger partial charge >= 0.3 is 0 Å². The first kappa shape index (κ1) is 25.0. The van der Waals surface area contributed by atoms with Crippen molar-refractivity contribution in [1.29, 1.82) is 0 Å². The van der Waals surface area contributed by atoms with E-state index in [2.05, 4.69) is 5.32 Å². The van der Waals surface area contributed by atoms with Crippen molar-refractivity contribution in [3.8, 4) is 11.5 Å².